The van der Waals surface area contributed by atoms with Gasteiger partial charge >= 0.3 is 0 Å². The molecule has 0 aromatic carbocycles. The predicted molar refractivity (Wildman–Crippen MR) is 114 cm³/mol. The van der Waals surface area contributed by atoms with Gasteiger partial charge in [-0.2, -0.15) is 0 Å². The second-order valence-electron chi connectivity index (χ2n) is 8.82. The first kappa shape index (κ1) is 31.1. The van der Waals surface area contributed by atoms with Crippen molar-refractivity contribution in [3.05, 3.63) is 0 Å². The van der Waals surface area contributed by atoms with Crippen molar-refractivity contribution in [1.82, 2.24) is 5.32 Å². The molecule has 2 aliphatic rings. The molecule has 16 heteroatoms. The number of nitrogens with one attached hydrogen (secondary N) is 1. The Balaban J connectivity index is 2.38. The molecule has 36 heavy (non-hydrogen) atoms. The summed E-state index contributed by atoms with van der Waals surface area (Å²) < 4.78 is 22.0. The second-order valence-corrected chi connectivity index (χ2v) is 8.82. The molecule has 0 aliphatic carbocycles. The van der Waals surface area contributed by atoms with Crippen LogP contribution in [-0.4, -0.2) is 163 Å². The van der Waals surface area contributed by atoms with Crippen LogP contribution in [0.15, 0.2) is 0 Å². The maximum atomic E-state index is 11.6. The van der Waals surface area contributed by atoms with Crippen LogP contribution >= 0.6 is 0 Å². The number of carbonyl (C=O) groups is 1. The summed E-state index contributed by atoms with van der Waals surface area (Å²) in [6.45, 7) is -0.0978. The molecule has 2 rings (SSSR count). The summed E-state index contributed by atoms with van der Waals surface area (Å²) in [6.07, 6.45) is -21.8. The lowest BCUT2D eigenvalue weighted by Gasteiger charge is -2.47. The van der Waals surface area contributed by atoms with E-state index in [2.05, 4.69) is 5.32 Å². The lowest BCUT2D eigenvalue weighted by molar-refractivity contribution is -0.373. The van der Waals surface area contributed by atoms with Crippen LogP contribution in [0.1, 0.15) is 13.8 Å². The van der Waals surface area contributed by atoms with Gasteiger partial charge in [0, 0.05) is 6.92 Å². The summed E-state index contributed by atoms with van der Waals surface area (Å²) in [5.41, 5.74) is 0. The Hall–Kier alpha value is -1.09. The fourth-order valence-electron chi connectivity index (χ4n) is 3.98. The van der Waals surface area contributed by atoms with E-state index in [0.717, 1.165) is 6.92 Å². The molecule has 0 aromatic heterocycles. The molecule has 11 N–H and O–H groups in total. The van der Waals surface area contributed by atoms with Crippen LogP contribution in [0.4, 0.5) is 0 Å². The largest absolute Gasteiger partial charge is 0.394 e. The van der Waals surface area contributed by atoms with E-state index >= 15 is 0 Å². The van der Waals surface area contributed by atoms with Gasteiger partial charge in [-0.15, -0.1) is 0 Å². The average molecular weight is 532 g/mol. The molecule has 14 atom stereocenters. The first-order valence-corrected chi connectivity index (χ1v) is 11.4. The highest BCUT2D eigenvalue weighted by molar-refractivity contribution is 5.73. The van der Waals surface area contributed by atoms with E-state index in [-0.39, 0.29) is 0 Å². The van der Waals surface area contributed by atoms with Crippen molar-refractivity contribution in [3.63, 3.8) is 0 Å². The minimum atomic E-state index is -1.94. The first-order chi connectivity index (χ1) is 16.9. The van der Waals surface area contributed by atoms with Crippen LogP contribution in [0, 0.1) is 0 Å². The fraction of sp³-hybridized carbons (Fsp3) is 0.950. The summed E-state index contributed by atoms with van der Waals surface area (Å²) in [4.78, 5) is 11.6. The third-order valence-electron chi connectivity index (χ3n) is 6.12. The van der Waals surface area contributed by atoms with Gasteiger partial charge in [-0.05, 0) is 6.92 Å². The number of aliphatic hydroxyl groups excluding tert-OH is 10. The zero-order chi connectivity index (χ0) is 27.3. The van der Waals surface area contributed by atoms with Gasteiger partial charge in [-0.3, -0.25) is 4.79 Å². The Morgan fingerprint density at radius 3 is 2.06 bits per heavy atom. The van der Waals surface area contributed by atoms with Gasteiger partial charge in [0.15, 0.2) is 12.6 Å². The van der Waals surface area contributed by atoms with Crippen LogP contribution in [0.2, 0.25) is 0 Å². The highest BCUT2D eigenvalue weighted by Gasteiger charge is 2.51. The lowest BCUT2D eigenvalue weighted by atomic mass is 9.96. The molecule has 2 saturated heterocycles. The molecule has 0 spiro atoms. The number of aliphatic hydroxyl groups is 10. The van der Waals surface area contributed by atoms with E-state index in [9.17, 15) is 55.9 Å². The molecule has 2 fully saturated rings. The van der Waals surface area contributed by atoms with Gasteiger partial charge in [-0.1, -0.05) is 0 Å². The number of carbonyl (C=O) groups excluding carboxylic acids is 1. The van der Waals surface area contributed by atoms with Crippen molar-refractivity contribution >= 4 is 5.91 Å². The normalized spacial score (nSPS) is 40.8. The highest BCUT2D eigenvalue weighted by Crippen LogP contribution is 2.31. The molecule has 14 unspecified atom stereocenters. The maximum absolute atomic E-state index is 11.6. The number of hydrogen-bond donors (Lipinski definition) is 11. The molecule has 1 amide bonds. The summed E-state index contributed by atoms with van der Waals surface area (Å²) >= 11 is 0. The quantitative estimate of drug-likeness (QED) is 0.118. The maximum Gasteiger partial charge on any atom is 0.217 e. The van der Waals surface area contributed by atoms with Gasteiger partial charge in [0.1, 0.15) is 61.0 Å². The smallest absolute Gasteiger partial charge is 0.217 e. The third-order valence-corrected chi connectivity index (χ3v) is 6.12. The zero-order valence-electron chi connectivity index (χ0n) is 19.7. The Kier molecular flexibility index (Phi) is 11.8. The van der Waals surface area contributed by atoms with Gasteiger partial charge in [0.2, 0.25) is 5.91 Å². The molecule has 2 heterocycles. The van der Waals surface area contributed by atoms with Crippen molar-refractivity contribution < 1.29 is 74.8 Å². The Morgan fingerprint density at radius 2 is 1.53 bits per heavy atom. The van der Waals surface area contributed by atoms with Crippen molar-refractivity contribution in [2.24, 2.45) is 0 Å². The fourth-order valence-corrected chi connectivity index (χ4v) is 3.98. The lowest BCUT2D eigenvalue weighted by Crippen LogP contribution is -2.66. The van der Waals surface area contributed by atoms with Crippen LogP contribution in [0.25, 0.3) is 0 Å². The van der Waals surface area contributed by atoms with E-state index in [4.69, 9.17) is 18.9 Å². The van der Waals surface area contributed by atoms with Crippen LogP contribution in [-0.2, 0) is 23.7 Å². The van der Waals surface area contributed by atoms with Crippen molar-refractivity contribution in [2.45, 2.75) is 99.6 Å². The second kappa shape index (κ2) is 13.6. The molecule has 0 radical (unpaired) electrons. The minimum absolute atomic E-state index is 0.658. The zero-order valence-corrected chi connectivity index (χ0v) is 19.7. The number of hydrogen-bond acceptors (Lipinski definition) is 15. The number of rotatable bonds is 11. The van der Waals surface area contributed by atoms with Gasteiger partial charge < -0.3 is 75.3 Å². The standard InChI is InChI=1S/C20H37NO15/c1-6-11(27)14(30)16(32)19(33-6)36-18-15(31)13(29)10(5-24)34-20(18)35-17(12(28)9(26)4-23)8(3-22)21-7(2)25/h6,8-20,22-24,26-32H,3-5H2,1-2H3,(H,21,25). The predicted octanol–water partition coefficient (Wildman–Crippen LogP) is -6.77. The van der Waals surface area contributed by atoms with E-state index < -0.39 is 111 Å². The minimum Gasteiger partial charge on any atom is -0.394 e. The highest BCUT2D eigenvalue weighted by atomic mass is 16.8. The molecule has 0 saturated carbocycles. The molecule has 2 aliphatic heterocycles. The van der Waals surface area contributed by atoms with Crippen LogP contribution < -0.4 is 5.32 Å². The summed E-state index contributed by atoms with van der Waals surface area (Å²) in [5, 5.41) is 103. The van der Waals surface area contributed by atoms with Crippen LogP contribution in [0.5, 0.6) is 0 Å². The summed E-state index contributed by atoms with van der Waals surface area (Å²) in [6, 6.07) is -1.38. The molecular formula is C20H37NO15. The summed E-state index contributed by atoms with van der Waals surface area (Å²) in [7, 11) is 0. The monoisotopic (exact) mass is 531 g/mol. The van der Waals surface area contributed by atoms with E-state index in [0.29, 0.717) is 0 Å². The topological polar surface area (TPSA) is 268 Å². The molecule has 0 aromatic rings. The molecular weight excluding hydrogens is 494 g/mol. The molecule has 16 nitrogen and oxygen atoms in total. The average Bonchev–Trinajstić information content (AvgIpc) is 2.85. The van der Waals surface area contributed by atoms with Crippen molar-refractivity contribution in [1.29, 1.82) is 0 Å². The van der Waals surface area contributed by atoms with Gasteiger partial charge in [0.25, 0.3) is 0 Å². The van der Waals surface area contributed by atoms with E-state index in [1.807, 2.05) is 0 Å². The van der Waals surface area contributed by atoms with Gasteiger partial charge in [-0.25, -0.2) is 0 Å². The first-order valence-electron chi connectivity index (χ1n) is 11.4. The van der Waals surface area contributed by atoms with E-state index in [1.54, 1.807) is 0 Å². The molecule has 212 valence electrons. The number of amides is 1. The van der Waals surface area contributed by atoms with Crippen LogP contribution in [0.3, 0.4) is 0 Å². The summed E-state index contributed by atoms with van der Waals surface area (Å²) in [5.74, 6) is -0.658. The Morgan fingerprint density at radius 1 is 0.889 bits per heavy atom. The van der Waals surface area contributed by atoms with Crippen molar-refractivity contribution in [2.75, 3.05) is 19.8 Å². The SMILES string of the molecule is CC(=O)NC(CO)C(OC1OC(CO)C(O)C(O)C1OC1OC(C)C(O)C(O)C1O)C(O)C(O)CO. The van der Waals surface area contributed by atoms with E-state index in [1.165, 1.54) is 6.92 Å². The Labute approximate surface area is 206 Å². The Bertz CT molecular complexity index is 687. The van der Waals surface area contributed by atoms with Crippen molar-refractivity contribution in [3.8, 4) is 0 Å². The number of ether oxygens (including phenoxy) is 4. The van der Waals surface area contributed by atoms with Gasteiger partial charge in [0.05, 0.1) is 32.0 Å². The molecule has 0 bridgehead atoms. The third kappa shape index (κ3) is 7.06.